The highest BCUT2D eigenvalue weighted by atomic mass is 32.1. The van der Waals surface area contributed by atoms with Gasteiger partial charge in [0.25, 0.3) is 0 Å². The van der Waals surface area contributed by atoms with E-state index in [1.54, 1.807) is 13.3 Å². The Morgan fingerprint density at radius 3 is 2.63 bits per heavy atom. The molecule has 0 spiro atoms. The molecule has 1 aliphatic heterocycles. The van der Waals surface area contributed by atoms with Crippen LogP contribution in [0.4, 0.5) is 11.4 Å². The maximum absolute atomic E-state index is 12.3. The number of rotatable bonds is 8. The van der Waals surface area contributed by atoms with Crippen LogP contribution in [0, 0.1) is 13.8 Å². The quantitative estimate of drug-likeness (QED) is 0.453. The van der Waals surface area contributed by atoms with Crippen LogP contribution in [0.3, 0.4) is 0 Å². The summed E-state index contributed by atoms with van der Waals surface area (Å²) in [7, 11) is 3.05. The average molecular weight is 494 g/mol. The van der Waals surface area contributed by atoms with Gasteiger partial charge in [-0.25, -0.2) is 0 Å². The summed E-state index contributed by atoms with van der Waals surface area (Å²) in [5.74, 6) is 0.290. The van der Waals surface area contributed by atoms with Gasteiger partial charge in [0.15, 0.2) is 5.11 Å². The fourth-order valence-corrected chi connectivity index (χ4v) is 5.17. The lowest BCUT2D eigenvalue weighted by molar-refractivity contribution is -0.119. The number of hydrogen-bond acceptors (Lipinski definition) is 5. The van der Waals surface area contributed by atoms with Crippen molar-refractivity contribution in [3.05, 3.63) is 71.3 Å². The zero-order valence-corrected chi connectivity index (χ0v) is 21.5. The molecule has 35 heavy (non-hydrogen) atoms. The molecule has 0 unspecified atom stereocenters. The summed E-state index contributed by atoms with van der Waals surface area (Å²) in [6.45, 7) is 7.25. The maximum Gasteiger partial charge on any atom is 0.250 e. The van der Waals surface area contributed by atoms with Gasteiger partial charge < -0.3 is 29.6 Å². The molecule has 1 saturated heterocycles. The number of ether oxygens (including phenoxy) is 2. The van der Waals surface area contributed by atoms with Crippen LogP contribution in [0.25, 0.3) is 0 Å². The van der Waals surface area contributed by atoms with E-state index >= 15 is 0 Å². The molecule has 0 saturated carbocycles. The first kappa shape index (κ1) is 24.7. The number of pyridine rings is 1. The summed E-state index contributed by atoms with van der Waals surface area (Å²) in [6, 6.07) is 13.5. The number of carbonyl (C=O) groups excluding carboxylic acids is 1. The number of methoxy groups -OCH3 is 2. The van der Waals surface area contributed by atoms with Crippen molar-refractivity contribution < 1.29 is 14.3 Å². The predicted octanol–water partition coefficient (Wildman–Crippen LogP) is 4.29. The fourth-order valence-electron chi connectivity index (χ4n) is 4.82. The van der Waals surface area contributed by atoms with Crippen LogP contribution in [0.1, 0.15) is 41.7 Å². The third kappa shape index (κ3) is 4.74. The normalized spacial score (nSPS) is 17.4. The first-order valence-electron chi connectivity index (χ1n) is 11.5. The van der Waals surface area contributed by atoms with Gasteiger partial charge in [-0.1, -0.05) is 6.07 Å². The monoisotopic (exact) mass is 493 g/mol. The second-order valence-corrected chi connectivity index (χ2v) is 8.82. The van der Waals surface area contributed by atoms with Crippen molar-refractivity contribution in [2.24, 2.45) is 0 Å². The van der Waals surface area contributed by atoms with Crippen LogP contribution < -0.4 is 20.3 Å². The van der Waals surface area contributed by atoms with Crippen molar-refractivity contribution in [1.29, 1.82) is 0 Å². The van der Waals surface area contributed by atoms with E-state index in [2.05, 4.69) is 51.9 Å². The molecule has 4 rings (SSSR count). The Morgan fingerprint density at radius 1 is 1.20 bits per heavy atom. The minimum atomic E-state index is -0.264. The number of aryl methyl sites for hydroxylation is 1. The number of hydrogen-bond donors (Lipinski definition) is 2. The van der Waals surface area contributed by atoms with Gasteiger partial charge in [-0.05, 0) is 75.0 Å². The summed E-state index contributed by atoms with van der Waals surface area (Å²) >= 11 is 5.86. The smallest absolute Gasteiger partial charge is 0.250 e. The zero-order chi connectivity index (χ0) is 25.1. The lowest BCUT2D eigenvalue weighted by Crippen LogP contribution is -2.29. The van der Waals surface area contributed by atoms with Crippen molar-refractivity contribution in [2.75, 3.05) is 31.0 Å². The lowest BCUT2D eigenvalue weighted by atomic mass is 9.96. The molecule has 0 bridgehead atoms. The van der Waals surface area contributed by atoms with E-state index in [4.69, 9.17) is 21.7 Å². The van der Waals surface area contributed by atoms with Crippen LogP contribution in [-0.4, -0.2) is 41.4 Å². The summed E-state index contributed by atoms with van der Waals surface area (Å²) in [5.41, 5.74) is 5.85. The first-order valence-corrected chi connectivity index (χ1v) is 11.9. The molecule has 184 valence electrons. The van der Waals surface area contributed by atoms with Crippen LogP contribution in [0.2, 0.25) is 0 Å². The Morgan fingerprint density at radius 2 is 2.00 bits per heavy atom. The molecule has 0 radical (unpaired) electrons. The number of nitrogens with zero attached hydrogens (tertiary/aromatic N) is 3. The Kier molecular flexibility index (Phi) is 7.37. The van der Waals surface area contributed by atoms with Gasteiger partial charge in [0.1, 0.15) is 12.4 Å². The van der Waals surface area contributed by atoms with E-state index in [-0.39, 0.29) is 24.6 Å². The lowest BCUT2D eigenvalue weighted by Gasteiger charge is -2.29. The van der Waals surface area contributed by atoms with Gasteiger partial charge in [-0.2, -0.15) is 0 Å². The maximum atomic E-state index is 12.3. The Labute approximate surface area is 211 Å². The van der Waals surface area contributed by atoms with Crippen molar-refractivity contribution >= 4 is 34.6 Å². The highest BCUT2D eigenvalue weighted by Gasteiger charge is 2.42. The van der Waals surface area contributed by atoms with Gasteiger partial charge in [0.2, 0.25) is 5.91 Å². The standard InChI is InChI=1S/C26H31N5O3S/c1-6-30-16(2)13-19(17(30)3)25-24(20-9-7-8-12-27-20)29-26(35)31(25)18-10-11-22(34-5)21(14-18)28-23(32)15-33-4/h7-14,24-25H,6,15H2,1-5H3,(H,28,32)(H,29,35)/t24-,25-/m1/s1. The highest BCUT2D eigenvalue weighted by Crippen LogP contribution is 2.44. The summed E-state index contributed by atoms with van der Waals surface area (Å²) in [5, 5.41) is 6.96. The van der Waals surface area contributed by atoms with E-state index in [1.165, 1.54) is 24.1 Å². The second-order valence-electron chi connectivity index (χ2n) is 8.43. The van der Waals surface area contributed by atoms with Crippen LogP contribution in [-0.2, 0) is 16.1 Å². The Bertz CT molecular complexity index is 1230. The second kappa shape index (κ2) is 10.5. The van der Waals surface area contributed by atoms with Crippen molar-refractivity contribution in [1.82, 2.24) is 14.9 Å². The van der Waals surface area contributed by atoms with Gasteiger partial charge in [-0.15, -0.1) is 0 Å². The summed E-state index contributed by atoms with van der Waals surface area (Å²) in [4.78, 5) is 19.0. The molecule has 1 aromatic carbocycles. The predicted molar refractivity (Wildman–Crippen MR) is 141 cm³/mol. The van der Waals surface area contributed by atoms with Crippen molar-refractivity contribution in [3.63, 3.8) is 0 Å². The topological polar surface area (TPSA) is 80.7 Å². The van der Waals surface area contributed by atoms with Crippen LogP contribution in [0.5, 0.6) is 5.75 Å². The molecule has 1 amide bonds. The number of thiocarbonyl (C=S) groups is 1. The van der Waals surface area contributed by atoms with E-state index in [0.717, 1.165) is 17.9 Å². The van der Waals surface area contributed by atoms with Gasteiger partial charge >= 0.3 is 0 Å². The first-order chi connectivity index (χ1) is 16.9. The molecular formula is C26H31N5O3S. The molecule has 3 heterocycles. The van der Waals surface area contributed by atoms with Gasteiger partial charge in [0.05, 0.1) is 30.6 Å². The third-order valence-corrected chi connectivity index (χ3v) is 6.67. The fraction of sp³-hybridized carbons (Fsp3) is 0.346. The molecule has 2 N–H and O–H groups in total. The van der Waals surface area contributed by atoms with E-state index in [9.17, 15) is 4.79 Å². The minimum Gasteiger partial charge on any atom is -0.495 e. The third-order valence-electron chi connectivity index (χ3n) is 6.36. The molecule has 2 aromatic heterocycles. The molecule has 0 aliphatic carbocycles. The molecular weight excluding hydrogens is 462 g/mol. The SMILES string of the molecule is CCn1c(C)cc([C@@H]2[C@@H](c3ccccn3)NC(=S)N2c2ccc(OC)c(NC(=O)COC)c2)c1C. The molecule has 1 fully saturated rings. The Hall–Kier alpha value is -3.43. The number of benzene rings is 1. The van der Waals surface area contributed by atoms with E-state index in [1.807, 2.05) is 36.4 Å². The molecule has 8 nitrogen and oxygen atoms in total. The molecule has 2 atom stereocenters. The zero-order valence-electron chi connectivity index (χ0n) is 20.7. The largest absolute Gasteiger partial charge is 0.495 e. The number of nitrogens with one attached hydrogen (secondary N) is 2. The van der Waals surface area contributed by atoms with Gasteiger partial charge in [0, 0.05) is 36.9 Å². The number of amides is 1. The molecule has 1 aliphatic rings. The highest BCUT2D eigenvalue weighted by molar-refractivity contribution is 7.80. The number of carbonyl (C=O) groups is 1. The molecule has 9 heteroatoms. The number of anilines is 2. The van der Waals surface area contributed by atoms with E-state index < -0.39 is 0 Å². The average Bonchev–Trinajstić information content (AvgIpc) is 3.34. The summed E-state index contributed by atoms with van der Waals surface area (Å²) < 4.78 is 12.8. The number of aromatic nitrogens is 2. The van der Waals surface area contributed by atoms with Gasteiger partial charge in [-0.3, -0.25) is 9.78 Å². The molecule has 3 aromatic rings. The van der Waals surface area contributed by atoms with Crippen LogP contribution >= 0.6 is 12.2 Å². The minimum absolute atomic E-state index is 0.0511. The Balaban J connectivity index is 1.83. The van der Waals surface area contributed by atoms with E-state index in [0.29, 0.717) is 16.5 Å². The van der Waals surface area contributed by atoms with Crippen molar-refractivity contribution in [2.45, 2.75) is 39.4 Å². The summed E-state index contributed by atoms with van der Waals surface area (Å²) in [6.07, 6.45) is 1.80. The van der Waals surface area contributed by atoms with Crippen molar-refractivity contribution in [3.8, 4) is 5.75 Å². The van der Waals surface area contributed by atoms with Crippen LogP contribution in [0.15, 0.2) is 48.7 Å².